The third-order valence-electron chi connectivity index (χ3n) is 3.15. The Balaban J connectivity index is 1.72. The van der Waals surface area contributed by atoms with E-state index in [4.69, 9.17) is 4.74 Å². The van der Waals surface area contributed by atoms with Gasteiger partial charge in [0.1, 0.15) is 0 Å². The van der Waals surface area contributed by atoms with Gasteiger partial charge >= 0.3 is 0 Å². The van der Waals surface area contributed by atoms with E-state index in [0.717, 1.165) is 32.6 Å². The smallest absolute Gasteiger partial charge is 0.243 e. The Labute approximate surface area is 94.9 Å². The van der Waals surface area contributed by atoms with Crippen LogP contribution in [0.5, 0.6) is 0 Å². The highest BCUT2D eigenvalue weighted by Crippen LogP contribution is 2.13. The van der Waals surface area contributed by atoms with Gasteiger partial charge in [-0.05, 0) is 25.2 Å². The first-order valence-corrected chi connectivity index (χ1v) is 5.90. The molecule has 0 radical (unpaired) electrons. The summed E-state index contributed by atoms with van der Waals surface area (Å²) in [6.07, 6.45) is 3.30. The Morgan fingerprint density at radius 2 is 2.25 bits per heavy atom. The molecule has 2 amide bonds. The minimum Gasteiger partial charge on any atom is -0.381 e. The maximum atomic E-state index is 11.5. The molecule has 2 aliphatic heterocycles. The van der Waals surface area contributed by atoms with E-state index in [2.05, 4.69) is 10.6 Å². The van der Waals surface area contributed by atoms with E-state index in [1.165, 1.54) is 0 Å². The quantitative estimate of drug-likeness (QED) is 0.654. The van der Waals surface area contributed by atoms with E-state index in [-0.39, 0.29) is 17.9 Å². The molecule has 5 heteroatoms. The lowest BCUT2D eigenvalue weighted by Gasteiger charge is -2.26. The number of carbonyl (C=O) groups is 2. The highest BCUT2D eigenvalue weighted by Gasteiger charge is 2.26. The molecule has 5 nitrogen and oxygen atoms in total. The highest BCUT2D eigenvalue weighted by molar-refractivity contribution is 6.00. The number of amides is 2. The van der Waals surface area contributed by atoms with Crippen LogP contribution in [0.25, 0.3) is 0 Å². The first-order chi connectivity index (χ1) is 7.75. The lowest BCUT2D eigenvalue weighted by Crippen LogP contribution is -2.51. The van der Waals surface area contributed by atoms with Crippen molar-refractivity contribution in [3.05, 3.63) is 0 Å². The minimum atomic E-state index is -0.209. The number of hydrogen-bond donors (Lipinski definition) is 2. The molecule has 2 aliphatic rings. The van der Waals surface area contributed by atoms with Crippen LogP contribution in [0.1, 0.15) is 25.7 Å². The van der Waals surface area contributed by atoms with Gasteiger partial charge < -0.3 is 10.1 Å². The van der Waals surface area contributed by atoms with Gasteiger partial charge in [-0.3, -0.25) is 14.9 Å². The predicted octanol–water partition coefficient (Wildman–Crippen LogP) is -0.192. The molecule has 0 bridgehead atoms. The van der Waals surface area contributed by atoms with Gasteiger partial charge in [0.2, 0.25) is 11.8 Å². The van der Waals surface area contributed by atoms with E-state index in [9.17, 15) is 9.59 Å². The average molecular weight is 226 g/mol. The summed E-state index contributed by atoms with van der Waals surface area (Å²) in [6.45, 7) is 2.43. The van der Waals surface area contributed by atoms with Crippen molar-refractivity contribution in [2.24, 2.45) is 5.92 Å². The molecule has 0 aliphatic carbocycles. The fraction of sp³-hybridized carbons (Fsp3) is 0.818. The van der Waals surface area contributed by atoms with Gasteiger partial charge in [0.05, 0.1) is 12.6 Å². The van der Waals surface area contributed by atoms with E-state index >= 15 is 0 Å². The van der Waals surface area contributed by atoms with Gasteiger partial charge in [-0.2, -0.15) is 0 Å². The van der Waals surface area contributed by atoms with Gasteiger partial charge in [-0.25, -0.2) is 0 Å². The van der Waals surface area contributed by atoms with Crippen molar-refractivity contribution in [2.75, 3.05) is 19.8 Å². The van der Waals surface area contributed by atoms with Crippen molar-refractivity contribution in [1.82, 2.24) is 10.6 Å². The summed E-state index contributed by atoms with van der Waals surface area (Å²) in [5.74, 6) is 0.149. The second-order valence-electron chi connectivity index (χ2n) is 4.50. The van der Waals surface area contributed by atoms with Crippen molar-refractivity contribution in [2.45, 2.75) is 31.7 Å². The van der Waals surface area contributed by atoms with Crippen LogP contribution in [0.3, 0.4) is 0 Å². The summed E-state index contributed by atoms with van der Waals surface area (Å²) >= 11 is 0. The molecular weight excluding hydrogens is 208 g/mol. The second kappa shape index (κ2) is 5.41. The zero-order chi connectivity index (χ0) is 11.4. The highest BCUT2D eigenvalue weighted by atomic mass is 16.5. The Morgan fingerprint density at radius 1 is 1.38 bits per heavy atom. The zero-order valence-electron chi connectivity index (χ0n) is 9.33. The number of nitrogens with one attached hydrogen (secondary N) is 2. The second-order valence-corrected chi connectivity index (χ2v) is 4.50. The first-order valence-electron chi connectivity index (χ1n) is 5.90. The van der Waals surface area contributed by atoms with Crippen molar-refractivity contribution in [3.63, 3.8) is 0 Å². The molecule has 2 N–H and O–H groups in total. The average Bonchev–Trinajstić information content (AvgIpc) is 2.29. The first kappa shape index (κ1) is 11.5. The van der Waals surface area contributed by atoms with E-state index in [1.54, 1.807) is 0 Å². The fourth-order valence-electron chi connectivity index (χ4n) is 2.17. The molecule has 2 heterocycles. The molecule has 0 aromatic rings. The van der Waals surface area contributed by atoms with Crippen LogP contribution >= 0.6 is 0 Å². The number of carbonyl (C=O) groups excluding carboxylic acids is 2. The number of ether oxygens (including phenoxy) is 1. The van der Waals surface area contributed by atoms with Crippen molar-refractivity contribution in [1.29, 1.82) is 0 Å². The maximum Gasteiger partial charge on any atom is 0.243 e. The zero-order valence-corrected chi connectivity index (χ0v) is 9.33. The van der Waals surface area contributed by atoms with Gasteiger partial charge in [-0.15, -0.1) is 0 Å². The molecule has 2 atom stereocenters. The summed E-state index contributed by atoms with van der Waals surface area (Å²) in [5, 5.41) is 5.56. The number of hydrogen-bond acceptors (Lipinski definition) is 4. The van der Waals surface area contributed by atoms with E-state index < -0.39 is 0 Å². The molecular formula is C11H18N2O3. The summed E-state index contributed by atoms with van der Waals surface area (Å²) in [7, 11) is 0. The summed E-state index contributed by atoms with van der Waals surface area (Å²) in [6, 6.07) is -0.209. The molecule has 2 fully saturated rings. The van der Waals surface area contributed by atoms with Gasteiger partial charge in [-0.1, -0.05) is 0 Å². The molecule has 16 heavy (non-hydrogen) atoms. The third kappa shape index (κ3) is 3.02. The Kier molecular flexibility index (Phi) is 3.90. The van der Waals surface area contributed by atoms with Crippen LogP contribution in [0.15, 0.2) is 0 Å². The molecule has 0 spiro atoms. The third-order valence-corrected chi connectivity index (χ3v) is 3.15. The number of rotatable bonds is 3. The molecule has 2 rings (SSSR count). The fourth-order valence-corrected chi connectivity index (χ4v) is 2.17. The molecule has 0 aromatic carbocycles. The van der Waals surface area contributed by atoms with Crippen LogP contribution in [0.4, 0.5) is 0 Å². The Hall–Kier alpha value is -0.940. The minimum absolute atomic E-state index is 0.163. The Morgan fingerprint density at radius 3 is 2.94 bits per heavy atom. The van der Waals surface area contributed by atoms with Gasteiger partial charge in [0, 0.05) is 19.6 Å². The van der Waals surface area contributed by atoms with Crippen LogP contribution in [0, 0.1) is 5.92 Å². The SMILES string of the molecule is O=C1CCC(NCC2CCCOC2)C(=O)N1. The standard InChI is InChI=1S/C11H18N2O3/c14-10-4-3-9(11(15)13-10)12-6-8-2-1-5-16-7-8/h8-9,12H,1-7H2,(H,13,14,15). The lowest BCUT2D eigenvalue weighted by molar-refractivity contribution is -0.134. The van der Waals surface area contributed by atoms with E-state index in [1.807, 2.05) is 0 Å². The normalized spacial score (nSPS) is 31.2. The molecule has 2 saturated heterocycles. The topological polar surface area (TPSA) is 67.4 Å². The number of imide groups is 1. The van der Waals surface area contributed by atoms with E-state index in [0.29, 0.717) is 18.8 Å². The van der Waals surface area contributed by atoms with Gasteiger partial charge in [0.25, 0.3) is 0 Å². The van der Waals surface area contributed by atoms with Crippen molar-refractivity contribution in [3.8, 4) is 0 Å². The monoisotopic (exact) mass is 226 g/mol. The summed E-state index contributed by atoms with van der Waals surface area (Å²) < 4.78 is 5.37. The molecule has 0 saturated carbocycles. The largest absolute Gasteiger partial charge is 0.381 e. The van der Waals surface area contributed by atoms with Crippen molar-refractivity contribution >= 4 is 11.8 Å². The summed E-state index contributed by atoms with van der Waals surface area (Å²) in [5.41, 5.74) is 0. The van der Waals surface area contributed by atoms with Crippen molar-refractivity contribution < 1.29 is 14.3 Å². The van der Waals surface area contributed by atoms with Gasteiger partial charge in [0.15, 0.2) is 0 Å². The van der Waals surface area contributed by atoms with Crippen LogP contribution in [-0.2, 0) is 14.3 Å². The van der Waals surface area contributed by atoms with Crippen LogP contribution in [0.2, 0.25) is 0 Å². The molecule has 0 aromatic heterocycles. The van der Waals surface area contributed by atoms with Crippen LogP contribution < -0.4 is 10.6 Å². The maximum absolute atomic E-state index is 11.5. The lowest BCUT2D eigenvalue weighted by atomic mass is 10.0. The van der Waals surface area contributed by atoms with Crippen LogP contribution in [-0.4, -0.2) is 37.6 Å². The summed E-state index contributed by atoms with van der Waals surface area (Å²) in [4.78, 5) is 22.4. The molecule has 90 valence electrons. The Bertz CT molecular complexity index is 274. The molecule has 2 unspecified atom stereocenters. The predicted molar refractivity (Wildman–Crippen MR) is 57.7 cm³/mol. The number of piperidine rings is 1.